The minimum absolute atomic E-state index is 0.156. The van der Waals surface area contributed by atoms with Gasteiger partial charge in [-0.2, -0.15) is 18.2 Å². The molecule has 3 aromatic rings. The Balaban J connectivity index is 1.55. The van der Waals surface area contributed by atoms with Crippen LogP contribution in [0.4, 0.5) is 13.2 Å². The molecule has 1 aliphatic carbocycles. The second kappa shape index (κ2) is 7.69. The lowest BCUT2D eigenvalue weighted by Gasteiger charge is -2.13. The van der Waals surface area contributed by atoms with Crippen LogP contribution in [-0.2, 0) is 22.7 Å². The SMILES string of the molecule is Cc1cn(CCNS(=O)(=O)C2CCCC2)c2cc(-c3noc(C(F)(F)F)n3)ccc12. The van der Waals surface area contributed by atoms with Gasteiger partial charge in [-0.05, 0) is 31.4 Å². The molecule has 11 heteroatoms. The Hall–Kier alpha value is -2.40. The van der Waals surface area contributed by atoms with E-state index >= 15 is 0 Å². The van der Waals surface area contributed by atoms with E-state index in [0.29, 0.717) is 24.9 Å². The minimum atomic E-state index is -4.71. The van der Waals surface area contributed by atoms with Crippen molar-refractivity contribution in [3.8, 4) is 11.4 Å². The molecule has 2 aromatic heterocycles. The van der Waals surface area contributed by atoms with Crippen LogP contribution in [0.2, 0.25) is 0 Å². The molecule has 0 saturated heterocycles. The largest absolute Gasteiger partial charge is 0.471 e. The van der Waals surface area contributed by atoms with Gasteiger partial charge in [-0.15, -0.1) is 0 Å². The van der Waals surface area contributed by atoms with Gasteiger partial charge in [0.1, 0.15) is 0 Å². The van der Waals surface area contributed by atoms with Gasteiger partial charge in [0.05, 0.1) is 5.25 Å². The van der Waals surface area contributed by atoms with Crippen LogP contribution < -0.4 is 4.72 Å². The predicted molar refractivity (Wildman–Crippen MR) is 104 cm³/mol. The van der Waals surface area contributed by atoms with E-state index in [2.05, 4.69) is 19.4 Å². The molecule has 4 rings (SSSR count). The second-order valence-corrected chi connectivity index (χ2v) is 9.55. The maximum atomic E-state index is 12.7. The van der Waals surface area contributed by atoms with Crippen molar-refractivity contribution < 1.29 is 26.1 Å². The zero-order chi connectivity index (χ0) is 21.5. The number of alkyl halides is 3. The summed E-state index contributed by atoms with van der Waals surface area (Å²) in [7, 11) is -3.34. The van der Waals surface area contributed by atoms with E-state index in [4.69, 9.17) is 0 Å². The minimum Gasteiger partial charge on any atom is -0.346 e. The van der Waals surface area contributed by atoms with Gasteiger partial charge in [-0.25, -0.2) is 13.1 Å². The molecule has 0 amide bonds. The van der Waals surface area contributed by atoms with E-state index in [-0.39, 0.29) is 17.6 Å². The normalized spacial score (nSPS) is 16.0. The van der Waals surface area contributed by atoms with Gasteiger partial charge in [0, 0.05) is 35.8 Å². The summed E-state index contributed by atoms with van der Waals surface area (Å²) < 4.78 is 71.8. The molecule has 0 spiro atoms. The Labute approximate surface area is 171 Å². The van der Waals surface area contributed by atoms with Gasteiger partial charge in [0.2, 0.25) is 15.8 Å². The lowest BCUT2D eigenvalue weighted by atomic mass is 10.1. The predicted octanol–water partition coefficient (Wildman–Crippen LogP) is 3.88. The molecular formula is C19H21F3N4O3S. The Bertz CT molecular complexity index is 1160. The average Bonchev–Trinajstić information content (AvgIpc) is 3.42. The van der Waals surface area contributed by atoms with Crippen LogP contribution in [0.5, 0.6) is 0 Å². The van der Waals surface area contributed by atoms with Gasteiger partial charge >= 0.3 is 12.1 Å². The number of aromatic nitrogens is 3. The summed E-state index contributed by atoms with van der Waals surface area (Å²) in [6.45, 7) is 2.53. The van der Waals surface area contributed by atoms with Crippen molar-refractivity contribution in [2.45, 2.75) is 50.6 Å². The van der Waals surface area contributed by atoms with E-state index in [1.807, 2.05) is 17.7 Å². The van der Waals surface area contributed by atoms with Gasteiger partial charge in [0.15, 0.2) is 0 Å². The summed E-state index contributed by atoms with van der Waals surface area (Å²) in [6.07, 6.45) is 0.423. The molecule has 30 heavy (non-hydrogen) atoms. The zero-order valence-electron chi connectivity index (χ0n) is 16.2. The number of sulfonamides is 1. The molecule has 2 heterocycles. The third-order valence-corrected chi connectivity index (χ3v) is 7.36. The first kappa shape index (κ1) is 20.9. The van der Waals surface area contributed by atoms with E-state index in [1.54, 1.807) is 18.2 Å². The Morgan fingerprint density at radius 3 is 2.67 bits per heavy atom. The molecule has 0 atom stereocenters. The summed E-state index contributed by atoms with van der Waals surface area (Å²) in [5.74, 6) is -1.55. The van der Waals surface area contributed by atoms with Crippen molar-refractivity contribution in [3.63, 3.8) is 0 Å². The second-order valence-electron chi connectivity index (χ2n) is 7.50. The molecule has 0 aliphatic heterocycles. The van der Waals surface area contributed by atoms with Crippen molar-refractivity contribution in [3.05, 3.63) is 35.9 Å². The fourth-order valence-electron chi connectivity index (χ4n) is 3.88. The zero-order valence-corrected chi connectivity index (χ0v) is 17.1. The Kier molecular flexibility index (Phi) is 5.35. The lowest BCUT2D eigenvalue weighted by molar-refractivity contribution is -0.159. The van der Waals surface area contributed by atoms with Gasteiger partial charge in [-0.3, -0.25) is 0 Å². The van der Waals surface area contributed by atoms with Crippen LogP contribution in [0.3, 0.4) is 0 Å². The number of halogens is 3. The summed E-state index contributed by atoms with van der Waals surface area (Å²) in [4.78, 5) is 3.43. The summed E-state index contributed by atoms with van der Waals surface area (Å²) in [5.41, 5.74) is 2.11. The number of nitrogens with zero attached hydrogens (tertiary/aromatic N) is 3. The fraction of sp³-hybridized carbons (Fsp3) is 0.474. The average molecular weight is 442 g/mol. The van der Waals surface area contributed by atoms with E-state index in [0.717, 1.165) is 29.3 Å². The van der Waals surface area contributed by atoms with E-state index in [9.17, 15) is 21.6 Å². The quantitative estimate of drug-likeness (QED) is 0.626. The van der Waals surface area contributed by atoms with E-state index in [1.165, 1.54) is 0 Å². The van der Waals surface area contributed by atoms with Crippen LogP contribution in [-0.4, -0.2) is 34.9 Å². The molecule has 1 fully saturated rings. The summed E-state index contributed by atoms with van der Waals surface area (Å²) >= 11 is 0. The molecule has 7 nitrogen and oxygen atoms in total. The molecular weight excluding hydrogens is 421 g/mol. The molecule has 1 saturated carbocycles. The lowest BCUT2D eigenvalue weighted by Crippen LogP contribution is -2.34. The third-order valence-electron chi connectivity index (χ3n) is 5.41. The standard InChI is InChI=1S/C19H21F3N4O3S/c1-12-11-26(9-8-23-30(27,28)14-4-2-3-5-14)16-10-13(6-7-15(12)16)17-24-18(29-25-17)19(20,21)22/h6-7,10-11,14,23H,2-5,8-9H2,1H3. The molecule has 1 aromatic carbocycles. The maximum absolute atomic E-state index is 12.7. The van der Waals surface area contributed by atoms with Crippen molar-refractivity contribution in [2.24, 2.45) is 0 Å². The van der Waals surface area contributed by atoms with Crippen LogP contribution in [0.25, 0.3) is 22.3 Å². The number of hydrogen-bond donors (Lipinski definition) is 1. The number of aryl methyl sites for hydroxylation is 1. The van der Waals surface area contributed by atoms with Crippen molar-refractivity contribution in [2.75, 3.05) is 6.54 Å². The van der Waals surface area contributed by atoms with Crippen LogP contribution in [0.1, 0.15) is 37.1 Å². The number of benzene rings is 1. The van der Waals surface area contributed by atoms with Crippen LogP contribution in [0.15, 0.2) is 28.9 Å². The van der Waals surface area contributed by atoms with Crippen molar-refractivity contribution >= 4 is 20.9 Å². The molecule has 1 N–H and O–H groups in total. The maximum Gasteiger partial charge on any atom is 0.471 e. The first-order valence-corrected chi connectivity index (χ1v) is 11.2. The van der Waals surface area contributed by atoms with Gasteiger partial charge < -0.3 is 9.09 Å². The van der Waals surface area contributed by atoms with Gasteiger partial charge in [0.25, 0.3) is 0 Å². The van der Waals surface area contributed by atoms with Crippen LogP contribution in [0, 0.1) is 6.92 Å². The van der Waals surface area contributed by atoms with Gasteiger partial charge in [-0.1, -0.05) is 30.1 Å². The highest BCUT2D eigenvalue weighted by molar-refractivity contribution is 7.90. The molecule has 162 valence electrons. The molecule has 0 bridgehead atoms. The number of fused-ring (bicyclic) bond motifs is 1. The monoisotopic (exact) mass is 442 g/mol. The summed E-state index contributed by atoms with van der Waals surface area (Å²) in [5, 5.41) is 4.02. The Morgan fingerprint density at radius 1 is 1.27 bits per heavy atom. The highest BCUT2D eigenvalue weighted by Crippen LogP contribution is 2.31. The number of rotatable bonds is 6. The topological polar surface area (TPSA) is 90.0 Å². The third kappa shape index (κ3) is 4.08. The fourth-order valence-corrected chi connectivity index (χ4v) is 5.45. The van der Waals surface area contributed by atoms with Crippen LogP contribution >= 0.6 is 0 Å². The summed E-state index contributed by atoms with van der Waals surface area (Å²) in [6, 6.07) is 5.09. The van der Waals surface area contributed by atoms with E-state index < -0.39 is 22.1 Å². The van der Waals surface area contributed by atoms with Crippen molar-refractivity contribution in [1.29, 1.82) is 0 Å². The smallest absolute Gasteiger partial charge is 0.346 e. The number of hydrogen-bond acceptors (Lipinski definition) is 5. The first-order valence-electron chi connectivity index (χ1n) is 9.64. The highest BCUT2D eigenvalue weighted by Gasteiger charge is 2.38. The molecule has 0 unspecified atom stereocenters. The highest BCUT2D eigenvalue weighted by atomic mass is 32.2. The first-order chi connectivity index (χ1) is 14.1. The number of nitrogens with one attached hydrogen (secondary N) is 1. The Morgan fingerprint density at radius 2 is 2.00 bits per heavy atom. The van der Waals surface area contributed by atoms with Crippen molar-refractivity contribution in [1.82, 2.24) is 19.4 Å². The molecule has 1 aliphatic rings. The molecule has 0 radical (unpaired) electrons.